The minimum atomic E-state index is -0.447. The Morgan fingerprint density at radius 3 is 2.48 bits per heavy atom. The van der Waals surface area contributed by atoms with E-state index in [-0.39, 0.29) is 24.8 Å². The first kappa shape index (κ1) is 23.3. The molecule has 33 heavy (non-hydrogen) atoms. The second-order valence-corrected chi connectivity index (χ2v) is 6.77. The van der Waals surface area contributed by atoms with E-state index in [1.54, 1.807) is 42.5 Å². The normalized spacial score (nSPS) is 10.6. The predicted octanol–water partition coefficient (Wildman–Crippen LogP) is 4.56. The van der Waals surface area contributed by atoms with Crippen LogP contribution in [0.1, 0.15) is 18.1 Å². The first-order valence-electron chi connectivity index (χ1n) is 10.2. The molecule has 1 N–H and O–H groups in total. The smallest absolute Gasteiger partial charge is 0.269 e. The fourth-order valence-corrected chi connectivity index (χ4v) is 2.78. The molecule has 0 aliphatic rings. The maximum absolute atomic E-state index is 11.9. The van der Waals surface area contributed by atoms with Crippen LogP contribution >= 0.6 is 0 Å². The Morgan fingerprint density at radius 1 is 1.03 bits per heavy atom. The van der Waals surface area contributed by atoms with E-state index in [9.17, 15) is 14.9 Å². The van der Waals surface area contributed by atoms with Gasteiger partial charge >= 0.3 is 0 Å². The highest BCUT2D eigenvalue weighted by Crippen LogP contribution is 2.29. The van der Waals surface area contributed by atoms with Crippen LogP contribution in [0.2, 0.25) is 0 Å². The fraction of sp³-hybridized carbons (Fsp3) is 0.167. The monoisotopic (exact) mass is 449 g/mol. The molecular formula is C24H23N3O6. The van der Waals surface area contributed by atoms with E-state index in [1.165, 1.54) is 18.3 Å². The van der Waals surface area contributed by atoms with E-state index >= 15 is 0 Å². The quantitative estimate of drug-likeness (QED) is 0.261. The molecule has 9 nitrogen and oxygen atoms in total. The predicted molar refractivity (Wildman–Crippen MR) is 124 cm³/mol. The summed E-state index contributed by atoms with van der Waals surface area (Å²) in [5.41, 5.74) is 2.19. The summed E-state index contributed by atoms with van der Waals surface area (Å²) >= 11 is 0. The molecule has 0 aliphatic heterocycles. The number of ether oxygens (including phenoxy) is 2. The number of hydrogen-bond donors (Lipinski definition) is 1. The van der Waals surface area contributed by atoms with Crippen molar-refractivity contribution in [3.63, 3.8) is 0 Å². The lowest BCUT2D eigenvalue weighted by atomic mass is 10.2. The number of anilines is 1. The van der Waals surface area contributed by atoms with Crippen molar-refractivity contribution < 1.29 is 24.0 Å². The molecule has 0 saturated heterocycles. The molecule has 0 aliphatic carbocycles. The zero-order valence-electron chi connectivity index (χ0n) is 18.0. The highest BCUT2D eigenvalue weighted by Gasteiger charge is 2.09. The standard InChI is InChI=1S/C24H23N3O6/c1-2-31-23-14-19(15-25-33-17-24(28)26-20-6-4-3-5-7-20)10-13-22(23)32-16-18-8-11-21(12-9-18)27(29)30/h3-15H,2,16-17H2,1H3,(H,26,28). The SMILES string of the molecule is CCOc1cc(C=NOCC(=O)Nc2ccccc2)ccc1OCc1ccc([N+](=O)[O-])cc1. The number of rotatable bonds is 11. The Hall–Kier alpha value is -4.40. The van der Waals surface area contributed by atoms with Crippen LogP contribution in [-0.4, -0.2) is 30.3 Å². The zero-order chi connectivity index (χ0) is 23.5. The molecular weight excluding hydrogens is 426 g/mol. The van der Waals surface area contributed by atoms with Gasteiger partial charge < -0.3 is 19.6 Å². The summed E-state index contributed by atoms with van der Waals surface area (Å²) in [6, 6.07) is 20.5. The highest BCUT2D eigenvalue weighted by molar-refractivity contribution is 5.91. The number of nitrogens with one attached hydrogen (secondary N) is 1. The average Bonchev–Trinajstić information content (AvgIpc) is 2.82. The van der Waals surface area contributed by atoms with E-state index in [0.29, 0.717) is 29.4 Å². The van der Waals surface area contributed by atoms with Gasteiger partial charge in [-0.3, -0.25) is 14.9 Å². The van der Waals surface area contributed by atoms with E-state index < -0.39 is 4.92 Å². The topological polar surface area (TPSA) is 112 Å². The lowest BCUT2D eigenvalue weighted by molar-refractivity contribution is -0.384. The summed E-state index contributed by atoms with van der Waals surface area (Å²) in [6.45, 7) is 2.30. The summed E-state index contributed by atoms with van der Waals surface area (Å²) in [6.07, 6.45) is 1.47. The van der Waals surface area contributed by atoms with Gasteiger partial charge in [0.1, 0.15) is 6.61 Å². The molecule has 0 atom stereocenters. The first-order chi connectivity index (χ1) is 16.0. The number of amides is 1. The Morgan fingerprint density at radius 2 is 1.79 bits per heavy atom. The molecule has 3 aromatic carbocycles. The Bertz CT molecular complexity index is 1100. The molecule has 0 fully saturated rings. The lowest BCUT2D eigenvalue weighted by Crippen LogP contribution is -2.16. The van der Waals surface area contributed by atoms with Crippen molar-refractivity contribution >= 4 is 23.5 Å². The van der Waals surface area contributed by atoms with Crippen LogP contribution < -0.4 is 14.8 Å². The Labute approximate surface area is 190 Å². The Kier molecular flexibility index (Phi) is 8.35. The summed E-state index contributed by atoms with van der Waals surface area (Å²) in [7, 11) is 0. The third-order valence-electron chi connectivity index (χ3n) is 4.34. The third-order valence-corrected chi connectivity index (χ3v) is 4.34. The van der Waals surface area contributed by atoms with Crippen molar-refractivity contribution in [3.8, 4) is 11.5 Å². The van der Waals surface area contributed by atoms with Crippen LogP contribution in [0.4, 0.5) is 11.4 Å². The van der Waals surface area contributed by atoms with Crippen molar-refractivity contribution in [2.75, 3.05) is 18.5 Å². The highest BCUT2D eigenvalue weighted by atomic mass is 16.6. The molecule has 0 heterocycles. The summed E-state index contributed by atoms with van der Waals surface area (Å²) in [5.74, 6) is 0.726. The molecule has 0 aromatic heterocycles. The lowest BCUT2D eigenvalue weighted by Gasteiger charge is -2.12. The molecule has 3 rings (SSSR count). The van der Waals surface area contributed by atoms with E-state index in [0.717, 1.165) is 5.56 Å². The van der Waals surface area contributed by atoms with Gasteiger partial charge in [0.25, 0.3) is 11.6 Å². The molecule has 1 amide bonds. The zero-order valence-corrected chi connectivity index (χ0v) is 18.0. The molecule has 0 radical (unpaired) electrons. The maximum atomic E-state index is 11.9. The average molecular weight is 449 g/mol. The third kappa shape index (κ3) is 7.35. The fourth-order valence-electron chi connectivity index (χ4n) is 2.78. The molecule has 0 unspecified atom stereocenters. The second-order valence-electron chi connectivity index (χ2n) is 6.77. The van der Waals surface area contributed by atoms with Crippen LogP contribution in [0.3, 0.4) is 0 Å². The summed E-state index contributed by atoms with van der Waals surface area (Å²) < 4.78 is 11.5. The van der Waals surface area contributed by atoms with Crippen LogP contribution in [0.25, 0.3) is 0 Å². The number of carbonyl (C=O) groups excluding carboxylic acids is 1. The van der Waals surface area contributed by atoms with Gasteiger partial charge in [-0.15, -0.1) is 0 Å². The van der Waals surface area contributed by atoms with Crippen LogP contribution in [0.5, 0.6) is 11.5 Å². The summed E-state index contributed by atoms with van der Waals surface area (Å²) in [5, 5.41) is 17.3. The van der Waals surface area contributed by atoms with Gasteiger partial charge in [0.05, 0.1) is 17.7 Å². The van der Waals surface area contributed by atoms with Crippen molar-refractivity contribution in [3.05, 3.63) is 94.0 Å². The van der Waals surface area contributed by atoms with E-state index in [4.69, 9.17) is 14.3 Å². The van der Waals surface area contributed by atoms with Gasteiger partial charge in [-0.25, -0.2) is 0 Å². The number of nitro groups is 1. The largest absolute Gasteiger partial charge is 0.490 e. The second kappa shape index (κ2) is 11.8. The van der Waals surface area contributed by atoms with Gasteiger partial charge in [-0.2, -0.15) is 0 Å². The van der Waals surface area contributed by atoms with Gasteiger partial charge in [-0.1, -0.05) is 23.4 Å². The molecule has 0 spiro atoms. The summed E-state index contributed by atoms with van der Waals surface area (Å²) in [4.78, 5) is 27.3. The minimum absolute atomic E-state index is 0.0251. The molecule has 170 valence electrons. The maximum Gasteiger partial charge on any atom is 0.269 e. The van der Waals surface area contributed by atoms with Crippen molar-refractivity contribution in [2.24, 2.45) is 5.16 Å². The number of para-hydroxylation sites is 1. The minimum Gasteiger partial charge on any atom is -0.490 e. The van der Waals surface area contributed by atoms with E-state index in [2.05, 4.69) is 10.5 Å². The van der Waals surface area contributed by atoms with Crippen molar-refractivity contribution in [2.45, 2.75) is 13.5 Å². The van der Waals surface area contributed by atoms with Gasteiger partial charge in [0.2, 0.25) is 0 Å². The number of carbonyl (C=O) groups is 1. The first-order valence-corrected chi connectivity index (χ1v) is 10.2. The number of nitro benzene ring substituents is 1. The van der Waals surface area contributed by atoms with Gasteiger partial charge in [-0.05, 0) is 55.0 Å². The molecule has 0 saturated carbocycles. The van der Waals surface area contributed by atoms with Crippen molar-refractivity contribution in [1.29, 1.82) is 0 Å². The number of oxime groups is 1. The number of non-ortho nitro benzene ring substituents is 1. The number of nitrogens with zero attached hydrogens (tertiary/aromatic N) is 2. The molecule has 0 bridgehead atoms. The van der Waals surface area contributed by atoms with Crippen LogP contribution in [-0.2, 0) is 16.2 Å². The van der Waals surface area contributed by atoms with Crippen LogP contribution in [0, 0.1) is 10.1 Å². The molecule has 3 aromatic rings. The van der Waals surface area contributed by atoms with Crippen LogP contribution in [0.15, 0.2) is 78.0 Å². The van der Waals surface area contributed by atoms with Crippen molar-refractivity contribution in [1.82, 2.24) is 0 Å². The van der Waals surface area contributed by atoms with Gasteiger partial charge in [0, 0.05) is 23.4 Å². The van der Waals surface area contributed by atoms with E-state index in [1.807, 2.05) is 25.1 Å². The number of hydrogen-bond acceptors (Lipinski definition) is 7. The molecule has 9 heteroatoms. The van der Waals surface area contributed by atoms with Gasteiger partial charge in [0.15, 0.2) is 18.1 Å². The Balaban J connectivity index is 1.54. The number of benzene rings is 3.